The van der Waals surface area contributed by atoms with Gasteiger partial charge in [-0.1, -0.05) is 6.92 Å². The fourth-order valence-electron chi connectivity index (χ4n) is 2.33. The maximum atomic E-state index is 9.43. The van der Waals surface area contributed by atoms with E-state index in [0.717, 1.165) is 13.0 Å². The van der Waals surface area contributed by atoms with Gasteiger partial charge in [0.1, 0.15) is 0 Å². The summed E-state index contributed by atoms with van der Waals surface area (Å²) < 4.78 is 0. The lowest BCUT2D eigenvalue weighted by Gasteiger charge is -2.36. The molecule has 0 bridgehead atoms. The van der Waals surface area contributed by atoms with Crippen LogP contribution in [0.4, 0.5) is 0 Å². The maximum absolute atomic E-state index is 9.43. The average molecular weight is 229 g/mol. The molecule has 3 N–H and O–H groups in total. The molecule has 0 aromatic heterocycles. The predicted molar refractivity (Wildman–Crippen MR) is 67.4 cm³/mol. The summed E-state index contributed by atoms with van der Waals surface area (Å²) in [5.41, 5.74) is 5.40. The van der Waals surface area contributed by atoms with Gasteiger partial charge in [0.15, 0.2) is 0 Å². The minimum Gasteiger partial charge on any atom is -0.392 e. The lowest BCUT2D eigenvalue weighted by Crippen LogP contribution is -2.44. The number of aliphatic hydroxyl groups is 1. The molecular weight excluding hydrogens is 202 g/mol. The van der Waals surface area contributed by atoms with E-state index in [0.29, 0.717) is 12.6 Å². The highest BCUT2D eigenvalue weighted by atomic mass is 16.3. The van der Waals surface area contributed by atoms with E-state index in [-0.39, 0.29) is 6.10 Å². The molecule has 16 heavy (non-hydrogen) atoms. The Morgan fingerprint density at radius 3 is 2.56 bits per heavy atom. The summed E-state index contributed by atoms with van der Waals surface area (Å²) in [7, 11) is 2.16. The Bertz CT molecular complexity index is 181. The Hall–Kier alpha value is -0.160. The summed E-state index contributed by atoms with van der Waals surface area (Å²) in [6.07, 6.45) is 2.96. The molecule has 1 saturated heterocycles. The number of hydrogen-bond acceptors (Lipinski definition) is 4. The van der Waals surface area contributed by atoms with Crippen LogP contribution in [0.1, 0.15) is 26.2 Å². The highest BCUT2D eigenvalue weighted by molar-refractivity contribution is 4.78. The highest BCUT2D eigenvalue weighted by Crippen LogP contribution is 2.15. The Morgan fingerprint density at radius 1 is 1.44 bits per heavy atom. The Morgan fingerprint density at radius 2 is 2.06 bits per heavy atom. The van der Waals surface area contributed by atoms with Gasteiger partial charge in [-0.3, -0.25) is 0 Å². The largest absolute Gasteiger partial charge is 0.392 e. The summed E-state index contributed by atoms with van der Waals surface area (Å²) in [5, 5.41) is 9.43. The van der Waals surface area contributed by atoms with Gasteiger partial charge in [-0.2, -0.15) is 0 Å². The third kappa shape index (κ3) is 4.37. The van der Waals surface area contributed by atoms with Crippen molar-refractivity contribution >= 4 is 0 Å². The van der Waals surface area contributed by atoms with Crippen LogP contribution in [-0.4, -0.2) is 66.8 Å². The van der Waals surface area contributed by atoms with Gasteiger partial charge in [-0.05, 0) is 45.9 Å². The minimum atomic E-state index is -0.335. The monoisotopic (exact) mass is 229 g/mol. The van der Waals surface area contributed by atoms with E-state index >= 15 is 0 Å². The molecule has 0 aromatic carbocycles. The second-order valence-corrected chi connectivity index (χ2v) is 4.82. The van der Waals surface area contributed by atoms with Crippen molar-refractivity contribution in [2.75, 3.05) is 39.8 Å². The summed E-state index contributed by atoms with van der Waals surface area (Å²) >= 11 is 0. The normalized spacial score (nSPS) is 21.6. The quantitative estimate of drug-likeness (QED) is 0.679. The molecule has 1 atom stereocenters. The van der Waals surface area contributed by atoms with Crippen molar-refractivity contribution in [2.24, 2.45) is 5.73 Å². The summed E-state index contributed by atoms with van der Waals surface area (Å²) in [6.45, 7) is 7.15. The first-order valence-electron chi connectivity index (χ1n) is 6.48. The standard InChI is InChI=1S/C12H27N3O/c1-3-15-8-4-11(5-9-15)14(2)7-6-12(16)10-13/h11-12,16H,3-10,13H2,1-2H3. The Labute approximate surface area is 99.4 Å². The first-order valence-corrected chi connectivity index (χ1v) is 6.48. The molecule has 0 amide bonds. The Balaban J connectivity index is 2.20. The lowest BCUT2D eigenvalue weighted by molar-refractivity contribution is 0.106. The van der Waals surface area contributed by atoms with Crippen molar-refractivity contribution in [3.63, 3.8) is 0 Å². The van der Waals surface area contributed by atoms with Crippen LogP contribution < -0.4 is 5.73 Å². The van der Waals surface area contributed by atoms with Crippen molar-refractivity contribution in [2.45, 2.75) is 38.3 Å². The summed E-state index contributed by atoms with van der Waals surface area (Å²) in [5.74, 6) is 0. The molecule has 0 aliphatic carbocycles. The fraction of sp³-hybridized carbons (Fsp3) is 1.00. The molecule has 1 heterocycles. The van der Waals surface area contributed by atoms with E-state index in [1.165, 1.54) is 32.5 Å². The molecule has 1 rings (SSSR count). The molecule has 1 unspecified atom stereocenters. The molecule has 1 fully saturated rings. The van der Waals surface area contributed by atoms with Gasteiger partial charge in [0.25, 0.3) is 0 Å². The average Bonchev–Trinajstić information content (AvgIpc) is 2.35. The smallest absolute Gasteiger partial charge is 0.0674 e. The predicted octanol–water partition coefficient (Wildman–Crippen LogP) is 0.112. The summed E-state index contributed by atoms with van der Waals surface area (Å²) in [6, 6.07) is 0.688. The van der Waals surface area contributed by atoms with E-state index in [2.05, 4.69) is 23.8 Å². The molecule has 4 heteroatoms. The van der Waals surface area contributed by atoms with Crippen molar-refractivity contribution in [3.8, 4) is 0 Å². The van der Waals surface area contributed by atoms with Crippen LogP contribution in [-0.2, 0) is 0 Å². The van der Waals surface area contributed by atoms with Crippen LogP contribution in [0.25, 0.3) is 0 Å². The zero-order valence-electron chi connectivity index (χ0n) is 10.7. The van der Waals surface area contributed by atoms with Crippen LogP contribution in [0.5, 0.6) is 0 Å². The molecular formula is C12H27N3O. The number of rotatable bonds is 6. The zero-order chi connectivity index (χ0) is 12.0. The second kappa shape index (κ2) is 7.22. The van der Waals surface area contributed by atoms with Gasteiger partial charge >= 0.3 is 0 Å². The van der Waals surface area contributed by atoms with Gasteiger partial charge < -0.3 is 20.6 Å². The minimum absolute atomic E-state index is 0.335. The number of aliphatic hydroxyl groups excluding tert-OH is 1. The van der Waals surface area contributed by atoms with Crippen molar-refractivity contribution in [1.82, 2.24) is 9.80 Å². The first kappa shape index (κ1) is 13.9. The number of piperidine rings is 1. The zero-order valence-corrected chi connectivity index (χ0v) is 10.7. The second-order valence-electron chi connectivity index (χ2n) is 4.82. The molecule has 96 valence electrons. The molecule has 0 aromatic rings. The van der Waals surface area contributed by atoms with Gasteiger partial charge in [-0.25, -0.2) is 0 Å². The van der Waals surface area contributed by atoms with E-state index < -0.39 is 0 Å². The Kier molecular flexibility index (Phi) is 6.28. The molecule has 0 saturated carbocycles. The number of hydrogen-bond donors (Lipinski definition) is 2. The molecule has 1 aliphatic rings. The fourth-order valence-corrected chi connectivity index (χ4v) is 2.33. The van der Waals surface area contributed by atoms with E-state index in [4.69, 9.17) is 5.73 Å². The molecule has 0 spiro atoms. The van der Waals surface area contributed by atoms with Gasteiger partial charge in [0.05, 0.1) is 6.10 Å². The van der Waals surface area contributed by atoms with Gasteiger partial charge in [-0.15, -0.1) is 0 Å². The van der Waals surface area contributed by atoms with Crippen LogP contribution in [0.2, 0.25) is 0 Å². The van der Waals surface area contributed by atoms with Crippen molar-refractivity contribution < 1.29 is 5.11 Å². The first-order chi connectivity index (χ1) is 7.67. The van der Waals surface area contributed by atoms with Gasteiger partial charge in [0.2, 0.25) is 0 Å². The van der Waals surface area contributed by atoms with Crippen LogP contribution in [0.15, 0.2) is 0 Å². The highest BCUT2D eigenvalue weighted by Gasteiger charge is 2.21. The molecule has 4 nitrogen and oxygen atoms in total. The molecule has 1 aliphatic heterocycles. The van der Waals surface area contributed by atoms with E-state index in [9.17, 15) is 5.11 Å². The van der Waals surface area contributed by atoms with Crippen LogP contribution in [0, 0.1) is 0 Å². The van der Waals surface area contributed by atoms with Crippen LogP contribution in [0.3, 0.4) is 0 Å². The van der Waals surface area contributed by atoms with E-state index in [1.54, 1.807) is 0 Å². The number of likely N-dealkylation sites (tertiary alicyclic amines) is 1. The SMILES string of the molecule is CCN1CCC(N(C)CCC(O)CN)CC1. The van der Waals surface area contributed by atoms with Gasteiger partial charge in [0, 0.05) is 19.1 Å². The lowest BCUT2D eigenvalue weighted by atomic mass is 10.0. The van der Waals surface area contributed by atoms with Crippen LogP contribution >= 0.6 is 0 Å². The number of nitrogens with zero attached hydrogens (tertiary/aromatic N) is 2. The van der Waals surface area contributed by atoms with Crippen molar-refractivity contribution in [1.29, 1.82) is 0 Å². The third-order valence-electron chi connectivity index (χ3n) is 3.71. The third-order valence-corrected chi connectivity index (χ3v) is 3.71. The molecule has 0 radical (unpaired) electrons. The summed E-state index contributed by atoms with van der Waals surface area (Å²) in [4.78, 5) is 4.88. The topological polar surface area (TPSA) is 52.7 Å². The van der Waals surface area contributed by atoms with Crippen molar-refractivity contribution in [3.05, 3.63) is 0 Å². The number of nitrogens with two attached hydrogens (primary N) is 1. The van der Waals surface area contributed by atoms with E-state index in [1.807, 2.05) is 0 Å². The maximum Gasteiger partial charge on any atom is 0.0674 e.